The number of carbonyl (C=O) groups is 6. The third-order valence-corrected chi connectivity index (χ3v) is 14.6. The van der Waals surface area contributed by atoms with Crippen molar-refractivity contribution in [1.82, 2.24) is 29.9 Å². The largest absolute Gasteiger partial charge is 0.450 e. The van der Waals surface area contributed by atoms with Crippen LogP contribution < -0.4 is 10.6 Å². The minimum atomic E-state index is -2.38. The highest BCUT2D eigenvalue weighted by atomic mass is 32.2. The number of rotatable bonds is 19. The van der Waals surface area contributed by atoms with Crippen LogP contribution in [0.3, 0.4) is 0 Å². The number of alkyl halides is 1. The first-order chi connectivity index (χ1) is 30.2. The molecule has 0 aliphatic carbocycles. The van der Waals surface area contributed by atoms with Crippen LogP contribution in [0, 0.1) is 23.0 Å². The van der Waals surface area contributed by atoms with Gasteiger partial charge in [-0.15, -0.1) is 0 Å². The summed E-state index contributed by atoms with van der Waals surface area (Å²) in [6, 6.07) is 13.9. The summed E-state index contributed by atoms with van der Waals surface area (Å²) in [5.74, 6) is -4.20. The molecule has 2 aliphatic rings. The first kappa shape index (κ1) is 49.6. The predicted molar refractivity (Wildman–Crippen MR) is 242 cm³/mol. The van der Waals surface area contributed by atoms with Crippen molar-refractivity contribution >= 4 is 55.5 Å². The summed E-state index contributed by atoms with van der Waals surface area (Å²) < 4.78 is 54.0. The van der Waals surface area contributed by atoms with E-state index in [1.54, 1.807) is 24.1 Å². The topological polar surface area (TPSA) is 150 Å². The lowest BCUT2D eigenvalue weighted by Crippen LogP contribution is -2.56. The molecule has 1 fully saturated rings. The number of nitrogens with one attached hydrogen (secondary N) is 2. The Labute approximate surface area is 378 Å². The lowest BCUT2D eigenvalue weighted by molar-refractivity contribution is -0.141. The summed E-state index contributed by atoms with van der Waals surface area (Å²) in [6.45, 7) is 13.7. The summed E-state index contributed by atoms with van der Waals surface area (Å²) in [5, 5.41) is 5.27. The van der Waals surface area contributed by atoms with Crippen LogP contribution >= 0.6 is 11.8 Å². The number of carbonyl (C=O) groups excluding carboxylic acids is 6. The number of halogens is 3. The third kappa shape index (κ3) is 12.7. The molecule has 1 saturated heterocycles. The maximum absolute atomic E-state index is 16.6. The Kier molecular flexibility index (Phi) is 16.7. The molecular weight excluding hydrogens is 866 g/mol. The molecule has 5 rings (SSSR count). The maximum atomic E-state index is 16.6. The van der Waals surface area contributed by atoms with Gasteiger partial charge in [-0.3, -0.25) is 28.9 Å². The minimum Gasteiger partial charge on any atom is -0.450 e. The smallest absolute Gasteiger partial charge is 0.409 e. The highest BCUT2D eigenvalue weighted by Gasteiger charge is 2.52. The molecular formula is C46H59F3N6O7SSi. The normalized spacial score (nSPS) is 18.1. The molecule has 0 saturated carbocycles. The van der Waals surface area contributed by atoms with Gasteiger partial charge in [-0.2, -0.15) is 11.8 Å². The van der Waals surface area contributed by atoms with E-state index in [1.165, 1.54) is 16.7 Å². The maximum Gasteiger partial charge on any atom is 0.409 e. The summed E-state index contributed by atoms with van der Waals surface area (Å²) >= 11 is 1.23. The van der Waals surface area contributed by atoms with Crippen LogP contribution in [0.5, 0.6) is 0 Å². The van der Waals surface area contributed by atoms with Crippen molar-refractivity contribution in [2.24, 2.45) is 11.3 Å². The zero-order valence-corrected chi connectivity index (χ0v) is 39.3. The average Bonchev–Trinajstić information content (AvgIpc) is 3.89. The molecule has 4 atom stereocenters. The van der Waals surface area contributed by atoms with Gasteiger partial charge in [-0.25, -0.2) is 18.0 Å². The summed E-state index contributed by atoms with van der Waals surface area (Å²) in [6.07, 6.45) is 1.87. The Bertz CT molecular complexity index is 2190. The third-order valence-electron chi connectivity index (χ3n) is 11.1. The number of amides is 6. The van der Waals surface area contributed by atoms with Crippen molar-refractivity contribution in [3.63, 3.8) is 0 Å². The predicted octanol–water partition coefficient (Wildman–Crippen LogP) is 6.35. The molecule has 1 unspecified atom stereocenters. The first-order valence-corrected chi connectivity index (χ1v) is 26.1. The highest BCUT2D eigenvalue weighted by molar-refractivity contribution is 7.99. The lowest BCUT2D eigenvalue weighted by Gasteiger charge is -2.44. The summed E-state index contributed by atoms with van der Waals surface area (Å²) in [4.78, 5) is 80.6. The van der Waals surface area contributed by atoms with Crippen LogP contribution in [0.1, 0.15) is 51.4 Å². The number of thioether (sulfide) groups is 1. The SMILES string of the molecule is CCOC(=O)N1C[C@H](F)[C@@H](CN(C(=O)CSCCC(=O)NCCNC(=O)CN2C(=O)C=CC2=O)[C@@H](c2cc(-c3cc(F)ccc3F)cn2Cc2ccccc2)C(C)(C)C)C1[Si](C)(C)C. The van der Waals surface area contributed by atoms with E-state index in [-0.39, 0.29) is 68.1 Å². The molecule has 6 amide bonds. The number of benzene rings is 2. The summed E-state index contributed by atoms with van der Waals surface area (Å²) in [5.41, 5.74) is 0.756. The van der Waals surface area contributed by atoms with E-state index in [9.17, 15) is 33.2 Å². The van der Waals surface area contributed by atoms with E-state index >= 15 is 8.78 Å². The number of nitrogens with zero attached hydrogens (tertiary/aromatic N) is 4. The van der Waals surface area contributed by atoms with Crippen LogP contribution in [-0.4, -0.2) is 126 Å². The number of aromatic nitrogens is 1. The van der Waals surface area contributed by atoms with Crippen LogP contribution in [-0.2, 0) is 35.3 Å². The second-order valence-corrected chi connectivity index (χ2v) is 24.6. The molecule has 346 valence electrons. The molecule has 3 heterocycles. The van der Waals surface area contributed by atoms with Gasteiger partial charge in [0.25, 0.3) is 11.8 Å². The van der Waals surface area contributed by atoms with E-state index in [0.29, 0.717) is 17.8 Å². The lowest BCUT2D eigenvalue weighted by atomic mass is 9.82. The van der Waals surface area contributed by atoms with Gasteiger partial charge < -0.3 is 29.7 Å². The molecule has 13 nitrogen and oxygen atoms in total. The fourth-order valence-corrected chi connectivity index (χ4v) is 12.0. The van der Waals surface area contributed by atoms with E-state index in [4.69, 9.17) is 4.74 Å². The van der Waals surface area contributed by atoms with Crippen molar-refractivity contribution in [3.05, 3.63) is 95.8 Å². The number of ether oxygens (including phenoxy) is 1. The molecule has 3 aromatic rings. The number of hydrogen-bond acceptors (Lipinski definition) is 8. The Hall–Kier alpha value is -5.36. The Morgan fingerprint density at radius 2 is 1.61 bits per heavy atom. The quantitative estimate of drug-likeness (QED) is 0.0803. The standard InChI is InChI=1S/C46H59F3N6O7SSi/c1-8-62-45(61)55-27-36(49)34(44(55)64(5,6)7)26-54(42(60)29-63-21-18-38(56)50-19-20-51-39(57)28-53-40(58)16-17-41(53)59)43(46(2,3)4)37-22-31(33-23-32(47)14-15-35(33)48)25-52(37)24-30-12-10-9-11-13-30/h9-17,22-23,25,34,36,43-44H,8,18-21,24,26-29H2,1-7H3,(H,50,56)(H,51,57)/t34-,36+,43+,44?/m1/s1. The second-order valence-electron chi connectivity index (χ2n) is 18.1. The van der Waals surface area contributed by atoms with Gasteiger partial charge in [0.05, 0.1) is 33.0 Å². The zero-order chi connectivity index (χ0) is 46.9. The van der Waals surface area contributed by atoms with Gasteiger partial charge in [0.1, 0.15) is 24.4 Å². The van der Waals surface area contributed by atoms with Crippen molar-refractivity contribution in [1.29, 1.82) is 0 Å². The summed E-state index contributed by atoms with van der Waals surface area (Å²) in [7, 11) is -2.38. The number of likely N-dealkylation sites (tertiary alicyclic amines) is 1. The number of hydrogen-bond donors (Lipinski definition) is 2. The van der Waals surface area contributed by atoms with Crippen LogP contribution in [0.25, 0.3) is 11.1 Å². The average molecular weight is 925 g/mol. The van der Waals surface area contributed by atoms with E-state index in [1.807, 2.05) is 55.7 Å². The molecule has 0 bridgehead atoms. The molecule has 1 aromatic heterocycles. The Balaban J connectivity index is 1.41. The zero-order valence-electron chi connectivity index (χ0n) is 37.5. The van der Waals surface area contributed by atoms with Crippen molar-refractivity contribution in [3.8, 4) is 11.1 Å². The number of imide groups is 1. The minimum absolute atomic E-state index is 0.0426. The fraction of sp³-hybridized carbons (Fsp3) is 0.478. The van der Waals surface area contributed by atoms with Gasteiger partial charge in [-0.1, -0.05) is 70.7 Å². The Morgan fingerprint density at radius 3 is 2.23 bits per heavy atom. The molecule has 2 N–H and O–H groups in total. The van der Waals surface area contributed by atoms with Gasteiger partial charge >= 0.3 is 6.09 Å². The molecule has 0 radical (unpaired) electrons. The molecule has 64 heavy (non-hydrogen) atoms. The van der Waals surface area contributed by atoms with Gasteiger partial charge in [-0.05, 0) is 42.2 Å². The van der Waals surface area contributed by atoms with Crippen LogP contribution in [0.2, 0.25) is 19.6 Å². The van der Waals surface area contributed by atoms with Gasteiger partial charge in [0.15, 0.2) is 0 Å². The van der Waals surface area contributed by atoms with Crippen LogP contribution in [0.4, 0.5) is 18.0 Å². The van der Waals surface area contributed by atoms with Crippen molar-refractivity contribution < 1.29 is 46.7 Å². The van der Waals surface area contributed by atoms with Crippen molar-refractivity contribution in [2.45, 2.75) is 78.2 Å². The first-order valence-electron chi connectivity index (χ1n) is 21.4. The molecule has 18 heteroatoms. The monoisotopic (exact) mass is 924 g/mol. The fourth-order valence-electron chi connectivity index (χ4n) is 8.46. The van der Waals surface area contributed by atoms with Crippen molar-refractivity contribution in [2.75, 3.05) is 50.8 Å². The molecule has 2 aliphatic heterocycles. The highest BCUT2D eigenvalue weighted by Crippen LogP contribution is 2.44. The second kappa shape index (κ2) is 21.5. The van der Waals surface area contributed by atoms with Gasteiger partial charge in [0.2, 0.25) is 17.7 Å². The van der Waals surface area contributed by atoms with Gasteiger partial charge in [0, 0.05) is 85.1 Å². The van der Waals surface area contributed by atoms with E-state index < -0.39 is 79.3 Å². The van der Waals surface area contributed by atoms with E-state index in [0.717, 1.165) is 40.8 Å². The van der Waals surface area contributed by atoms with E-state index in [2.05, 4.69) is 30.3 Å². The molecule has 2 aromatic carbocycles. The van der Waals surface area contributed by atoms with Crippen LogP contribution in [0.15, 0.2) is 72.9 Å². The Morgan fingerprint density at radius 1 is 0.953 bits per heavy atom. The molecule has 0 spiro atoms.